The number of hydrogen-bond donors (Lipinski definition) is 1. The van der Waals surface area contributed by atoms with Crippen molar-refractivity contribution in [3.63, 3.8) is 0 Å². The first-order valence-electron chi connectivity index (χ1n) is 6.08. The van der Waals surface area contributed by atoms with E-state index in [1.807, 2.05) is 25.9 Å². The lowest BCUT2D eigenvalue weighted by Gasteiger charge is -2.22. The number of nitrogens with zero attached hydrogens (tertiary/aromatic N) is 3. The summed E-state index contributed by atoms with van der Waals surface area (Å²) in [5.41, 5.74) is 0.857. The molecular formula is C11H17N3O4S2. The van der Waals surface area contributed by atoms with Crippen molar-refractivity contribution < 1.29 is 18.3 Å². The Hall–Kier alpha value is -1.03. The third-order valence-electron chi connectivity index (χ3n) is 3.51. The van der Waals surface area contributed by atoms with Crippen LogP contribution in [0.1, 0.15) is 17.4 Å². The summed E-state index contributed by atoms with van der Waals surface area (Å²) in [6.45, 7) is 2.75. The van der Waals surface area contributed by atoms with Crippen molar-refractivity contribution in [1.29, 1.82) is 0 Å². The van der Waals surface area contributed by atoms with Gasteiger partial charge in [0.25, 0.3) is 10.0 Å². The molecule has 2 atom stereocenters. The third-order valence-corrected chi connectivity index (χ3v) is 6.69. The highest BCUT2D eigenvalue weighted by Gasteiger charge is 2.40. The predicted octanol–water partition coefficient (Wildman–Crippen LogP) is 0.412. The van der Waals surface area contributed by atoms with E-state index in [4.69, 9.17) is 5.11 Å². The lowest BCUT2D eigenvalue weighted by molar-refractivity contribution is 0.0687. The molecule has 1 fully saturated rings. The average Bonchev–Trinajstić information content (AvgIpc) is 2.94. The molecule has 0 amide bonds. The fraction of sp³-hybridized carbons (Fsp3) is 0.636. The maximum absolute atomic E-state index is 12.5. The number of sulfonamides is 1. The van der Waals surface area contributed by atoms with Gasteiger partial charge in [0.2, 0.25) is 0 Å². The van der Waals surface area contributed by atoms with Gasteiger partial charge < -0.3 is 10.0 Å². The van der Waals surface area contributed by atoms with Crippen LogP contribution < -0.4 is 0 Å². The normalized spacial score (nSPS) is 24.4. The molecule has 20 heavy (non-hydrogen) atoms. The molecule has 0 aliphatic carbocycles. The monoisotopic (exact) mass is 319 g/mol. The van der Waals surface area contributed by atoms with Gasteiger partial charge in [0.15, 0.2) is 9.90 Å². The van der Waals surface area contributed by atoms with Gasteiger partial charge >= 0.3 is 5.97 Å². The smallest absolute Gasteiger partial charge is 0.356 e. The highest BCUT2D eigenvalue weighted by molar-refractivity contribution is 7.91. The van der Waals surface area contributed by atoms with E-state index in [0.29, 0.717) is 13.1 Å². The number of thiazole rings is 1. The zero-order chi connectivity index (χ0) is 15.1. The first kappa shape index (κ1) is 15.4. The van der Waals surface area contributed by atoms with Crippen molar-refractivity contribution in [2.45, 2.75) is 17.2 Å². The van der Waals surface area contributed by atoms with Crippen molar-refractivity contribution in [3.8, 4) is 0 Å². The van der Waals surface area contributed by atoms with E-state index < -0.39 is 21.7 Å². The first-order valence-corrected chi connectivity index (χ1v) is 8.40. The molecule has 1 aliphatic heterocycles. The fourth-order valence-electron chi connectivity index (χ4n) is 2.45. The Morgan fingerprint density at radius 1 is 1.50 bits per heavy atom. The minimum absolute atomic E-state index is 0.131. The number of likely N-dealkylation sites (N-methyl/N-ethyl adjacent to an activating group) is 1. The van der Waals surface area contributed by atoms with Crippen LogP contribution in [0.5, 0.6) is 0 Å². The topological polar surface area (TPSA) is 90.8 Å². The Bertz CT molecular complexity index is 611. The van der Waals surface area contributed by atoms with E-state index in [9.17, 15) is 13.2 Å². The van der Waals surface area contributed by atoms with Gasteiger partial charge in [-0.3, -0.25) is 0 Å². The van der Waals surface area contributed by atoms with E-state index in [-0.39, 0.29) is 16.2 Å². The molecule has 0 aromatic carbocycles. The maximum Gasteiger partial charge on any atom is 0.356 e. The van der Waals surface area contributed by atoms with Crippen LogP contribution in [0.4, 0.5) is 0 Å². The Morgan fingerprint density at radius 2 is 2.15 bits per heavy atom. The fourth-order valence-corrected chi connectivity index (χ4v) is 5.29. The molecule has 0 spiro atoms. The second kappa shape index (κ2) is 5.40. The maximum atomic E-state index is 12.5. The van der Waals surface area contributed by atoms with Crippen LogP contribution in [0.25, 0.3) is 0 Å². The summed E-state index contributed by atoms with van der Waals surface area (Å²) >= 11 is 0.847. The molecule has 1 aliphatic rings. The molecule has 2 unspecified atom stereocenters. The average molecular weight is 319 g/mol. The quantitative estimate of drug-likeness (QED) is 0.864. The van der Waals surface area contributed by atoms with Crippen molar-refractivity contribution in [2.75, 3.05) is 27.2 Å². The van der Waals surface area contributed by atoms with E-state index in [2.05, 4.69) is 4.98 Å². The molecule has 2 rings (SSSR count). The van der Waals surface area contributed by atoms with Crippen LogP contribution in [-0.4, -0.2) is 66.9 Å². The standard InChI is InChI=1S/C11H17N3O4S2/c1-7-4-14(5-8(7)13(2)3)20(17,18)11-9(10(15)16)12-6-19-11/h6-8H,4-5H2,1-3H3,(H,15,16). The van der Waals surface area contributed by atoms with Gasteiger partial charge in [-0.05, 0) is 20.0 Å². The van der Waals surface area contributed by atoms with Crippen LogP contribution >= 0.6 is 11.3 Å². The number of carboxylic acid groups (broad SMARTS) is 1. The van der Waals surface area contributed by atoms with Gasteiger partial charge in [-0.2, -0.15) is 4.31 Å². The Morgan fingerprint density at radius 3 is 2.65 bits per heavy atom. The molecule has 0 saturated carbocycles. The molecule has 2 heterocycles. The zero-order valence-electron chi connectivity index (χ0n) is 11.5. The van der Waals surface area contributed by atoms with Crippen LogP contribution in [0.3, 0.4) is 0 Å². The van der Waals surface area contributed by atoms with E-state index in [0.717, 1.165) is 11.3 Å². The lowest BCUT2D eigenvalue weighted by Crippen LogP contribution is -2.35. The molecule has 1 aromatic heterocycles. The highest BCUT2D eigenvalue weighted by atomic mass is 32.2. The van der Waals surface area contributed by atoms with E-state index in [1.54, 1.807) is 0 Å². The third kappa shape index (κ3) is 2.58. The van der Waals surface area contributed by atoms with Crippen molar-refractivity contribution in [3.05, 3.63) is 11.2 Å². The molecule has 9 heteroatoms. The number of carboxylic acids is 1. The summed E-state index contributed by atoms with van der Waals surface area (Å²) < 4.78 is 26.3. The van der Waals surface area contributed by atoms with Gasteiger partial charge in [-0.15, -0.1) is 11.3 Å². The number of carbonyl (C=O) groups is 1. The molecule has 1 aromatic rings. The van der Waals surface area contributed by atoms with E-state index >= 15 is 0 Å². The molecule has 0 radical (unpaired) electrons. The summed E-state index contributed by atoms with van der Waals surface area (Å²) in [4.78, 5) is 16.7. The Labute approximate surface area is 121 Å². The molecular weight excluding hydrogens is 302 g/mol. The van der Waals surface area contributed by atoms with Crippen molar-refractivity contribution in [1.82, 2.24) is 14.2 Å². The Kier molecular flexibility index (Phi) is 4.14. The van der Waals surface area contributed by atoms with Crippen molar-refractivity contribution >= 4 is 27.3 Å². The molecule has 1 N–H and O–H groups in total. The molecule has 1 saturated heterocycles. The van der Waals surface area contributed by atoms with Gasteiger partial charge in [-0.25, -0.2) is 18.2 Å². The SMILES string of the molecule is CC1CN(S(=O)(=O)c2scnc2C(=O)O)CC1N(C)C. The van der Waals surface area contributed by atoms with Crippen LogP contribution in [-0.2, 0) is 10.0 Å². The summed E-state index contributed by atoms with van der Waals surface area (Å²) in [5.74, 6) is -1.12. The van der Waals surface area contributed by atoms with Gasteiger partial charge in [0.1, 0.15) is 0 Å². The minimum Gasteiger partial charge on any atom is -0.476 e. The van der Waals surface area contributed by atoms with E-state index in [1.165, 1.54) is 9.82 Å². The summed E-state index contributed by atoms with van der Waals surface area (Å²) in [6, 6.07) is 0.131. The molecule has 0 bridgehead atoms. The predicted molar refractivity (Wildman–Crippen MR) is 74.5 cm³/mol. The Balaban J connectivity index is 2.33. The first-order chi connectivity index (χ1) is 9.25. The molecule has 7 nitrogen and oxygen atoms in total. The van der Waals surface area contributed by atoms with Crippen molar-refractivity contribution in [2.24, 2.45) is 5.92 Å². The van der Waals surface area contributed by atoms with Gasteiger partial charge in [-0.1, -0.05) is 6.92 Å². The largest absolute Gasteiger partial charge is 0.476 e. The van der Waals surface area contributed by atoms with Crippen LogP contribution in [0.15, 0.2) is 9.72 Å². The number of rotatable bonds is 4. The summed E-state index contributed by atoms with van der Waals surface area (Å²) in [7, 11) is 0.0302. The lowest BCUT2D eigenvalue weighted by atomic mass is 10.1. The number of aromatic carboxylic acids is 1. The molecule has 112 valence electrons. The second-order valence-electron chi connectivity index (χ2n) is 5.12. The summed E-state index contributed by atoms with van der Waals surface area (Å²) in [5, 5.41) is 9.01. The second-order valence-corrected chi connectivity index (χ2v) is 8.11. The highest BCUT2D eigenvalue weighted by Crippen LogP contribution is 2.30. The van der Waals surface area contributed by atoms with Crippen LogP contribution in [0, 0.1) is 5.92 Å². The summed E-state index contributed by atoms with van der Waals surface area (Å²) in [6.07, 6.45) is 0. The minimum atomic E-state index is -3.79. The number of hydrogen-bond acceptors (Lipinski definition) is 6. The van der Waals surface area contributed by atoms with Gasteiger partial charge in [0.05, 0.1) is 5.51 Å². The zero-order valence-corrected chi connectivity index (χ0v) is 13.1. The van der Waals surface area contributed by atoms with Gasteiger partial charge in [0, 0.05) is 19.1 Å². The van der Waals surface area contributed by atoms with Crippen LogP contribution in [0.2, 0.25) is 0 Å². The number of aromatic nitrogens is 1.